The van der Waals surface area contributed by atoms with Crippen LogP contribution in [0.5, 0.6) is 0 Å². The summed E-state index contributed by atoms with van der Waals surface area (Å²) in [5.74, 6) is -1.28. The Labute approximate surface area is 159 Å². The van der Waals surface area contributed by atoms with Crippen molar-refractivity contribution in [2.45, 2.75) is 36.7 Å². The molecule has 1 atom stereocenters. The van der Waals surface area contributed by atoms with Crippen molar-refractivity contribution in [2.24, 2.45) is 0 Å². The van der Waals surface area contributed by atoms with Gasteiger partial charge in [-0.1, -0.05) is 0 Å². The van der Waals surface area contributed by atoms with Crippen LogP contribution in [0.25, 0.3) is 0 Å². The highest BCUT2D eigenvalue weighted by Crippen LogP contribution is 2.29. The highest BCUT2D eigenvalue weighted by atomic mass is 32.2. The lowest BCUT2D eigenvalue weighted by Gasteiger charge is -2.30. The van der Waals surface area contributed by atoms with E-state index in [4.69, 9.17) is 9.47 Å². The molecule has 0 spiro atoms. The van der Waals surface area contributed by atoms with Crippen LogP contribution in [0.15, 0.2) is 23.1 Å². The summed E-state index contributed by atoms with van der Waals surface area (Å²) >= 11 is 0. The summed E-state index contributed by atoms with van der Waals surface area (Å²) in [5, 5.41) is 0. The Morgan fingerprint density at radius 1 is 1.22 bits per heavy atom. The maximum absolute atomic E-state index is 12.8. The average molecular weight is 396 g/mol. The molecule has 2 heterocycles. The number of ether oxygens (including phenoxy) is 2. The summed E-state index contributed by atoms with van der Waals surface area (Å²) < 4.78 is 36.2. The largest absolute Gasteiger partial charge is 0.463 e. The zero-order valence-corrected chi connectivity index (χ0v) is 16.3. The Hall–Kier alpha value is -2.13. The Balaban J connectivity index is 1.98. The van der Waals surface area contributed by atoms with E-state index >= 15 is 0 Å². The lowest BCUT2D eigenvalue weighted by Crippen LogP contribution is -2.32. The van der Waals surface area contributed by atoms with Crippen molar-refractivity contribution in [3.63, 3.8) is 0 Å². The van der Waals surface area contributed by atoms with E-state index in [1.165, 1.54) is 26.2 Å². The molecule has 0 aliphatic carbocycles. The van der Waals surface area contributed by atoms with Crippen LogP contribution < -0.4 is 4.90 Å². The van der Waals surface area contributed by atoms with Gasteiger partial charge in [0, 0.05) is 33.6 Å². The van der Waals surface area contributed by atoms with E-state index in [1.54, 1.807) is 6.07 Å². The second-order valence-electron chi connectivity index (χ2n) is 6.86. The van der Waals surface area contributed by atoms with Crippen LogP contribution in [0.3, 0.4) is 0 Å². The standard InChI is InChI=1S/C18H24N2O6S/c1-19(2)27(23,24)13-6-7-15(20-9-4-3-5-10-20)14(12-13)17(21)26-16-8-11-25-18(16)22/h6-7,12,16H,3-5,8-11H2,1-2H3/t16-/m1/s1. The molecule has 1 aromatic rings. The lowest BCUT2D eigenvalue weighted by molar-refractivity contribution is -0.145. The molecule has 0 aromatic heterocycles. The summed E-state index contributed by atoms with van der Waals surface area (Å²) in [5.41, 5.74) is 0.781. The minimum Gasteiger partial charge on any atom is -0.463 e. The first-order valence-corrected chi connectivity index (χ1v) is 10.4. The molecule has 0 unspecified atom stereocenters. The minimum absolute atomic E-state index is 0.00853. The number of esters is 2. The van der Waals surface area contributed by atoms with Gasteiger partial charge in [-0.3, -0.25) is 0 Å². The summed E-state index contributed by atoms with van der Waals surface area (Å²) in [6, 6.07) is 4.48. The lowest BCUT2D eigenvalue weighted by atomic mass is 10.1. The molecule has 27 heavy (non-hydrogen) atoms. The fourth-order valence-corrected chi connectivity index (χ4v) is 4.17. The topological polar surface area (TPSA) is 93.2 Å². The monoisotopic (exact) mass is 396 g/mol. The second-order valence-corrected chi connectivity index (χ2v) is 9.02. The van der Waals surface area contributed by atoms with Crippen molar-refractivity contribution in [1.29, 1.82) is 0 Å². The van der Waals surface area contributed by atoms with Crippen molar-refractivity contribution >= 4 is 27.6 Å². The van der Waals surface area contributed by atoms with Crippen molar-refractivity contribution < 1.29 is 27.5 Å². The number of piperidine rings is 1. The molecular formula is C18H24N2O6S. The third-order valence-electron chi connectivity index (χ3n) is 4.80. The molecule has 0 N–H and O–H groups in total. The van der Waals surface area contributed by atoms with Crippen LogP contribution in [-0.4, -0.2) is 64.6 Å². The van der Waals surface area contributed by atoms with Crippen LogP contribution in [0.2, 0.25) is 0 Å². The highest BCUT2D eigenvalue weighted by Gasteiger charge is 2.32. The molecular weight excluding hydrogens is 372 g/mol. The summed E-state index contributed by atoms with van der Waals surface area (Å²) in [6.07, 6.45) is 2.49. The fourth-order valence-electron chi connectivity index (χ4n) is 3.24. The Kier molecular flexibility index (Phi) is 5.71. The minimum atomic E-state index is -3.70. The number of carbonyl (C=O) groups excluding carboxylic acids is 2. The van der Waals surface area contributed by atoms with Gasteiger partial charge in [0.2, 0.25) is 16.1 Å². The van der Waals surface area contributed by atoms with Gasteiger partial charge in [0.25, 0.3) is 0 Å². The van der Waals surface area contributed by atoms with E-state index < -0.39 is 28.1 Å². The molecule has 0 amide bonds. The van der Waals surface area contributed by atoms with Gasteiger partial charge in [-0.25, -0.2) is 22.3 Å². The van der Waals surface area contributed by atoms with Crippen LogP contribution in [0, 0.1) is 0 Å². The summed E-state index contributed by atoms with van der Waals surface area (Å²) in [7, 11) is -0.841. The molecule has 3 rings (SSSR count). The SMILES string of the molecule is CN(C)S(=O)(=O)c1ccc(N2CCCCC2)c(C(=O)O[C@@H]2CCOC2=O)c1. The molecule has 2 aliphatic rings. The summed E-state index contributed by atoms with van der Waals surface area (Å²) in [4.78, 5) is 26.5. The molecule has 1 aromatic carbocycles. The van der Waals surface area contributed by atoms with Gasteiger partial charge in [0.1, 0.15) is 0 Å². The maximum Gasteiger partial charge on any atom is 0.347 e. The second kappa shape index (κ2) is 7.85. The van der Waals surface area contributed by atoms with Gasteiger partial charge in [-0.2, -0.15) is 0 Å². The first-order chi connectivity index (χ1) is 12.8. The molecule has 2 aliphatic heterocycles. The third-order valence-corrected chi connectivity index (χ3v) is 6.61. The van der Waals surface area contributed by atoms with Crippen molar-refractivity contribution in [3.05, 3.63) is 23.8 Å². The number of carbonyl (C=O) groups is 2. The Morgan fingerprint density at radius 3 is 2.52 bits per heavy atom. The van der Waals surface area contributed by atoms with Gasteiger partial charge in [-0.15, -0.1) is 0 Å². The average Bonchev–Trinajstić information content (AvgIpc) is 3.06. The van der Waals surface area contributed by atoms with Crippen LogP contribution in [-0.2, 0) is 24.3 Å². The predicted octanol–water partition coefficient (Wildman–Crippen LogP) is 1.40. The smallest absolute Gasteiger partial charge is 0.347 e. The number of anilines is 1. The number of benzene rings is 1. The molecule has 0 saturated carbocycles. The van der Waals surface area contributed by atoms with E-state index in [1.807, 2.05) is 0 Å². The first kappa shape index (κ1) is 19.6. The zero-order chi connectivity index (χ0) is 19.6. The van der Waals surface area contributed by atoms with Crippen molar-refractivity contribution in [1.82, 2.24) is 4.31 Å². The number of sulfonamides is 1. The molecule has 0 radical (unpaired) electrons. The predicted molar refractivity (Wildman–Crippen MR) is 98.2 cm³/mol. The number of cyclic esters (lactones) is 1. The van der Waals surface area contributed by atoms with E-state index in [0.29, 0.717) is 12.1 Å². The van der Waals surface area contributed by atoms with Gasteiger partial charge in [0.05, 0.1) is 22.8 Å². The molecule has 2 saturated heterocycles. The molecule has 2 fully saturated rings. The normalized spacial score (nSPS) is 20.6. The fraction of sp³-hybridized carbons (Fsp3) is 0.556. The number of hydrogen-bond donors (Lipinski definition) is 0. The van der Waals surface area contributed by atoms with E-state index in [2.05, 4.69) is 4.90 Å². The number of hydrogen-bond acceptors (Lipinski definition) is 7. The van der Waals surface area contributed by atoms with Gasteiger partial charge < -0.3 is 14.4 Å². The van der Waals surface area contributed by atoms with E-state index in [9.17, 15) is 18.0 Å². The van der Waals surface area contributed by atoms with Gasteiger partial charge in [-0.05, 0) is 37.5 Å². The first-order valence-electron chi connectivity index (χ1n) is 9.00. The highest BCUT2D eigenvalue weighted by molar-refractivity contribution is 7.89. The third kappa shape index (κ3) is 4.08. The molecule has 0 bridgehead atoms. The summed E-state index contributed by atoms with van der Waals surface area (Å²) in [6.45, 7) is 1.78. The zero-order valence-electron chi connectivity index (χ0n) is 15.5. The maximum atomic E-state index is 12.8. The number of rotatable bonds is 5. The van der Waals surface area contributed by atoms with Crippen molar-refractivity contribution in [2.75, 3.05) is 38.7 Å². The molecule has 8 nitrogen and oxygen atoms in total. The Morgan fingerprint density at radius 2 is 1.93 bits per heavy atom. The van der Waals surface area contributed by atoms with Crippen LogP contribution >= 0.6 is 0 Å². The van der Waals surface area contributed by atoms with Crippen LogP contribution in [0.1, 0.15) is 36.0 Å². The van der Waals surface area contributed by atoms with Gasteiger partial charge in [0.15, 0.2) is 0 Å². The molecule has 9 heteroatoms. The quantitative estimate of drug-likeness (QED) is 0.695. The van der Waals surface area contributed by atoms with Crippen molar-refractivity contribution in [3.8, 4) is 0 Å². The van der Waals surface area contributed by atoms with Gasteiger partial charge >= 0.3 is 11.9 Å². The number of nitrogens with zero attached hydrogens (tertiary/aromatic N) is 2. The van der Waals surface area contributed by atoms with Crippen LogP contribution in [0.4, 0.5) is 5.69 Å². The van der Waals surface area contributed by atoms with E-state index in [0.717, 1.165) is 36.7 Å². The Bertz CT molecular complexity index is 830. The molecule has 148 valence electrons. The van der Waals surface area contributed by atoms with E-state index in [-0.39, 0.29) is 17.1 Å².